The average Bonchev–Trinajstić information content (AvgIpc) is 3.07. The molecule has 0 atom stereocenters. The summed E-state index contributed by atoms with van der Waals surface area (Å²) in [6.07, 6.45) is 5.80. The van der Waals surface area contributed by atoms with Crippen LogP contribution in [-0.4, -0.2) is 34.9 Å². The molecule has 0 unspecified atom stereocenters. The molecule has 3 heteroatoms. The minimum atomic E-state index is 0.145. The number of hydrogen-bond donors (Lipinski definition) is 0. The van der Waals surface area contributed by atoms with Crippen LogP contribution in [0.2, 0.25) is 0 Å². The molecular formula is C24H28N2O. The molecule has 0 spiro atoms. The fourth-order valence-electron chi connectivity index (χ4n) is 4.32. The molecule has 0 saturated carbocycles. The van der Waals surface area contributed by atoms with Gasteiger partial charge in [-0.1, -0.05) is 48.5 Å². The van der Waals surface area contributed by atoms with Crippen LogP contribution in [0.15, 0.2) is 60.8 Å². The summed E-state index contributed by atoms with van der Waals surface area (Å²) in [5.74, 6) is 0.951. The Morgan fingerprint density at radius 2 is 1.67 bits per heavy atom. The highest BCUT2D eigenvalue weighted by Gasteiger charge is 2.19. The molecule has 1 aliphatic heterocycles. The maximum Gasteiger partial charge on any atom is 0.161 e. The largest absolute Gasteiger partial charge is 0.345 e. The van der Waals surface area contributed by atoms with Crippen LogP contribution in [-0.2, 0) is 13.0 Å². The third-order valence-corrected chi connectivity index (χ3v) is 5.90. The summed E-state index contributed by atoms with van der Waals surface area (Å²) in [7, 11) is 0. The number of benzene rings is 2. The van der Waals surface area contributed by atoms with Gasteiger partial charge < -0.3 is 9.47 Å². The zero-order valence-electron chi connectivity index (χ0n) is 16.1. The molecule has 1 aromatic heterocycles. The van der Waals surface area contributed by atoms with Crippen molar-refractivity contribution in [3.8, 4) is 0 Å². The van der Waals surface area contributed by atoms with Crippen LogP contribution in [0.1, 0.15) is 35.7 Å². The highest BCUT2D eigenvalue weighted by Crippen LogP contribution is 2.24. The van der Waals surface area contributed by atoms with E-state index in [4.69, 9.17) is 0 Å². The van der Waals surface area contributed by atoms with E-state index in [2.05, 4.69) is 58.0 Å². The lowest BCUT2D eigenvalue weighted by molar-refractivity contribution is 0.101. The van der Waals surface area contributed by atoms with E-state index in [9.17, 15) is 4.79 Å². The Bertz CT molecular complexity index is 905. The Balaban J connectivity index is 1.34. The molecule has 0 radical (unpaired) electrons. The van der Waals surface area contributed by atoms with E-state index in [1.165, 1.54) is 43.4 Å². The number of carbonyl (C=O) groups excluding carboxylic acids is 1. The van der Waals surface area contributed by atoms with E-state index >= 15 is 0 Å². The summed E-state index contributed by atoms with van der Waals surface area (Å²) < 4.78 is 2.25. The van der Waals surface area contributed by atoms with Crippen LogP contribution in [0.5, 0.6) is 0 Å². The van der Waals surface area contributed by atoms with Crippen molar-refractivity contribution in [2.45, 2.75) is 32.7 Å². The Hall–Kier alpha value is -2.39. The van der Waals surface area contributed by atoms with Crippen molar-refractivity contribution < 1.29 is 4.79 Å². The van der Waals surface area contributed by atoms with E-state index < -0.39 is 0 Å². The number of aromatic nitrogens is 1. The lowest BCUT2D eigenvalue weighted by Crippen LogP contribution is -2.36. The third kappa shape index (κ3) is 4.14. The lowest BCUT2D eigenvalue weighted by Gasteiger charge is -2.32. The standard InChI is InChI=1S/C24H28N2O/c1-19(27)23-18-26(24-10-6-5-9-22(23)24)16-15-25-13-11-21(12-14-25)17-20-7-3-2-4-8-20/h2-10,18,21H,11-17H2,1H3. The van der Waals surface area contributed by atoms with Gasteiger partial charge in [-0.25, -0.2) is 0 Å². The quantitative estimate of drug-likeness (QED) is 0.590. The van der Waals surface area contributed by atoms with Gasteiger partial charge in [-0.3, -0.25) is 4.79 Å². The van der Waals surface area contributed by atoms with E-state index in [1.807, 2.05) is 12.3 Å². The Morgan fingerprint density at radius 1 is 0.963 bits per heavy atom. The van der Waals surface area contributed by atoms with Crippen LogP contribution < -0.4 is 0 Å². The molecule has 1 fully saturated rings. The minimum absolute atomic E-state index is 0.145. The number of fused-ring (bicyclic) bond motifs is 1. The Morgan fingerprint density at radius 3 is 2.41 bits per heavy atom. The Kier molecular flexibility index (Phi) is 5.40. The molecule has 0 amide bonds. The highest BCUT2D eigenvalue weighted by molar-refractivity contribution is 6.06. The number of ketones is 1. The predicted octanol–water partition coefficient (Wildman–Crippen LogP) is 4.80. The van der Waals surface area contributed by atoms with Crippen molar-refractivity contribution in [2.24, 2.45) is 5.92 Å². The maximum atomic E-state index is 11.9. The zero-order chi connectivity index (χ0) is 18.6. The van der Waals surface area contributed by atoms with Crippen LogP contribution in [0, 0.1) is 5.92 Å². The van der Waals surface area contributed by atoms with Crippen molar-refractivity contribution in [3.63, 3.8) is 0 Å². The first-order valence-corrected chi connectivity index (χ1v) is 10.1. The number of nitrogens with zero attached hydrogens (tertiary/aromatic N) is 2. The van der Waals surface area contributed by atoms with E-state index in [1.54, 1.807) is 6.92 Å². The number of hydrogen-bond acceptors (Lipinski definition) is 2. The van der Waals surface area contributed by atoms with Crippen molar-refractivity contribution in [1.82, 2.24) is 9.47 Å². The molecule has 140 valence electrons. The molecule has 2 heterocycles. The molecule has 27 heavy (non-hydrogen) atoms. The number of para-hydroxylation sites is 1. The van der Waals surface area contributed by atoms with Gasteiger partial charge in [0.25, 0.3) is 0 Å². The molecule has 3 aromatic rings. The SMILES string of the molecule is CC(=O)c1cn(CCN2CCC(Cc3ccccc3)CC2)c2ccccc12. The first kappa shape index (κ1) is 18.0. The third-order valence-electron chi connectivity index (χ3n) is 5.90. The van der Waals surface area contributed by atoms with Gasteiger partial charge in [0.05, 0.1) is 0 Å². The normalized spacial score (nSPS) is 16.0. The second kappa shape index (κ2) is 8.10. The molecule has 0 N–H and O–H groups in total. The molecule has 1 aliphatic rings. The van der Waals surface area contributed by atoms with E-state index in [0.29, 0.717) is 0 Å². The van der Waals surface area contributed by atoms with Crippen molar-refractivity contribution in [3.05, 3.63) is 71.9 Å². The number of Topliss-reactive ketones (excluding diaryl/α,β-unsaturated/α-hetero) is 1. The maximum absolute atomic E-state index is 11.9. The monoisotopic (exact) mass is 360 g/mol. The van der Waals surface area contributed by atoms with Crippen LogP contribution in [0.4, 0.5) is 0 Å². The fraction of sp³-hybridized carbons (Fsp3) is 0.375. The highest BCUT2D eigenvalue weighted by atomic mass is 16.1. The molecule has 3 nitrogen and oxygen atoms in total. The van der Waals surface area contributed by atoms with Gasteiger partial charge in [0, 0.05) is 35.8 Å². The average molecular weight is 361 g/mol. The second-order valence-corrected chi connectivity index (χ2v) is 7.78. The predicted molar refractivity (Wildman–Crippen MR) is 111 cm³/mol. The summed E-state index contributed by atoms with van der Waals surface area (Å²) in [4.78, 5) is 14.5. The first-order valence-electron chi connectivity index (χ1n) is 10.1. The van der Waals surface area contributed by atoms with Gasteiger partial charge in [-0.05, 0) is 56.8 Å². The first-order chi connectivity index (χ1) is 13.2. The molecule has 4 rings (SSSR count). The summed E-state index contributed by atoms with van der Waals surface area (Å²) in [5.41, 5.74) is 3.47. The topological polar surface area (TPSA) is 25.2 Å². The van der Waals surface area contributed by atoms with Crippen LogP contribution in [0.25, 0.3) is 10.9 Å². The van der Waals surface area contributed by atoms with Gasteiger partial charge in [0.2, 0.25) is 0 Å². The van der Waals surface area contributed by atoms with Crippen LogP contribution >= 0.6 is 0 Å². The minimum Gasteiger partial charge on any atom is -0.345 e. The smallest absolute Gasteiger partial charge is 0.161 e. The summed E-state index contributed by atoms with van der Waals surface area (Å²) >= 11 is 0. The van der Waals surface area contributed by atoms with E-state index in [0.717, 1.165) is 30.0 Å². The Labute approximate surface area is 161 Å². The van der Waals surface area contributed by atoms with Gasteiger partial charge in [0.15, 0.2) is 5.78 Å². The van der Waals surface area contributed by atoms with Crippen molar-refractivity contribution in [1.29, 1.82) is 0 Å². The molecule has 0 aliphatic carbocycles. The summed E-state index contributed by atoms with van der Waals surface area (Å²) in [6, 6.07) is 19.1. The zero-order valence-corrected chi connectivity index (χ0v) is 16.1. The van der Waals surface area contributed by atoms with E-state index in [-0.39, 0.29) is 5.78 Å². The fourth-order valence-corrected chi connectivity index (χ4v) is 4.32. The van der Waals surface area contributed by atoms with Crippen LogP contribution in [0.3, 0.4) is 0 Å². The number of rotatable bonds is 6. The summed E-state index contributed by atoms with van der Waals surface area (Å²) in [5, 5.41) is 1.08. The summed E-state index contributed by atoms with van der Waals surface area (Å²) in [6.45, 7) is 6.00. The van der Waals surface area contributed by atoms with Crippen molar-refractivity contribution >= 4 is 16.7 Å². The molecule has 0 bridgehead atoms. The lowest BCUT2D eigenvalue weighted by atomic mass is 9.90. The number of likely N-dealkylation sites (tertiary alicyclic amines) is 1. The second-order valence-electron chi connectivity index (χ2n) is 7.78. The van der Waals surface area contributed by atoms with Gasteiger partial charge in [-0.2, -0.15) is 0 Å². The number of piperidine rings is 1. The van der Waals surface area contributed by atoms with Crippen molar-refractivity contribution in [2.75, 3.05) is 19.6 Å². The molecular weight excluding hydrogens is 332 g/mol. The van der Waals surface area contributed by atoms with Gasteiger partial charge >= 0.3 is 0 Å². The van der Waals surface area contributed by atoms with Gasteiger partial charge in [0.1, 0.15) is 0 Å². The number of carbonyl (C=O) groups is 1. The molecule has 1 saturated heterocycles. The van der Waals surface area contributed by atoms with Gasteiger partial charge in [-0.15, -0.1) is 0 Å². The molecule has 2 aromatic carbocycles.